The zero-order chi connectivity index (χ0) is 14.8. The molecule has 0 bridgehead atoms. The largest absolute Gasteiger partial charge is 0.508 e. The third kappa shape index (κ3) is 2.72. The van der Waals surface area contributed by atoms with Crippen LogP contribution in [0.1, 0.15) is 18.1 Å². The summed E-state index contributed by atoms with van der Waals surface area (Å²) in [6.45, 7) is 5.55. The Labute approximate surface area is 124 Å². The Hall–Kier alpha value is -2.42. The van der Waals surface area contributed by atoms with E-state index in [2.05, 4.69) is 17.7 Å². The zero-order valence-corrected chi connectivity index (χ0v) is 12.3. The van der Waals surface area contributed by atoms with Crippen molar-refractivity contribution in [3.63, 3.8) is 0 Å². The first-order chi connectivity index (χ1) is 10.2. The van der Waals surface area contributed by atoms with Crippen LogP contribution in [0.15, 0.2) is 48.7 Å². The fourth-order valence-electron chi connectivity index (χ4n) is 2.60. The van der Waals surface area contributed by atoms with Crippen molar-refractivity contribution in [3.05, 3.63) is 59.8 Å². The van der Waals surface area contributed by atoms with E-state index in [1.165, 1.54) is 5.56 Å². The normalized spacial score (nSPS) is 11.0. The maximum Gasteiger partial charge on any atom is 0.120 e. The Bertz CT molecular complexity index is 774. The van der Waals surface area contributed by atoms with Gasteiger partial charge in [-0.1, -0.05) is 12.1 Å². The van der Waals surface area contributed by atoms with E-state index in [-0.39, 0.29) is 5.75 Å². The summed E-state index contributed by atoms with van der Waals surface area (Å²) in [6, 6.07) is 13.5. The fraction of sp³-hybridized carbons (Fsp3) is 0.222. The van der Waals surface area contributed by atoms with E-state index < -0.39 is 0 Å². The van der Waals surface area contributed by atoms with Gasteiger partial charge in [0.15, 0.2) is 0 Å². The number of hydrogen-bond donors (Lipinski definition) is 1. The van der Waals surface area contributed by atoms with Crippen molar-refractivity contribution in [3.8, 4) is 11.5 Å². The standard InChI is InChI=1S/C18H19NO2/c1-3-19-11-14(17-10-15(20)7-8-18(17)19)12-21-16-6-4-5-13(2)9-16/h4-11,20H,3,12H2,1-2H3. The van der Waals surface area contributed by atoms with Crippen molar-refractivity contribution in [1.29, 1.82) is 0 Å². The maximum atomic E-state index is 9.71. The molecule has 0 saturated heterocycles. The lowest BCUT2D eigenvalue weighted by Crippen LogP contribution is -1.95. The third-order valence-electron chi connectivity index (χ3n) is 3.67. The van der Waals surface area contributed by atoms with Crippen LogP contribution in [-0.2, 0) is 13.2 Å². The minimum absolute atomic E-state index is 0.285. The number of hydrogen-bond acceptors (Lipinski definition) is 2. The van der Waals surface area contributed by atoms with Crippen LogP contribution in [0, 0.1) is 6.92 Å². The second-order valence-electron chi connectivity index (χ2n) is 5.25. The number of aromatic hydroxyl groups is 1. The highest BCUT2D eigenvalue weighted by atomic mass is 16.5. The molecule has 0 unspecified atom stereocenters. The van der Waals surface area contributed by atoms with Gasteiger partial charge in [0, 0.05) is 29.2 Å². The Morgan fingerprint density at radius 1 is 1.14 bits per heavy atom. The smallest absolute Gasteiger partial charge is 0.120 e. The molecule has 3 nitrogen and oxygen atoms in total. The van der Waals surface area contributed by atoms with Crippen molar-refractivity contribution < 1.29 is 9.84 Å². The number of aromatic nitrogens is 1. The highest BCUT2D eigenvalue weighted by Crippen LogP contribution is 2.26. The number of ether oxygens (including phenoxy) is 1. The molecule has 3 aromatic rings. The topological polar surface area (TPSA) is 34.4 Å². The predicted molar refractivity (Wildman–Crippen MR) is 84.8 cm³/mol. The molecule has 2 aromatic carbocycles. The van der Waals surface area contributed by atoms with Gasteiger partial charge in [0.1, 0.15) is 18.1 Å². The van der Waals surface area contributed by atoms with E-state index in [0.717, 1.165) is 28.8 Å². The van der Waals surface area contributed by atoms with Crippen LogP contribution in [0.5, 0.6) is 11.5 Å². The summed E-state index contributed by atoms with van der Waals surface area (Å²) in [5.41, 5.74) is 3.39. The summed E-state index contributed by atoms with van der Waals surface area (Å²) >= 11 is 0. The van der Waals surface area contributed by atoms with Crippen LogP contribution in [-0.4, -0.2) is 9.67 Å². The molecule has 0 atom stereocenters. The van der Waals surface area contributed by atoms with Crippen molar-refractivity contribution >= 4 is 10.9 Å². The quantitative estimate of drug-likeness (QED) is 0.775. The number of phenolic OH excluding ortho intramolecular Hbond substituents is 1. The van der Waals surface area contributed by atoms with Gasteiger partial charge in [-0.05, 0) is 49.7 Å². The van der Waals surface area contributed by atoms with Gasteiger partial charge < -0.3 is 14.4 Å². The van der Waals surface area contributed by atoms with Crippen LogP contribution in [0.25, 0.3) is 10.9 Å². The van der Waals surface area contributed by atoms with Crippen molar-refractivity contribution in [2.75, 3.05) is 0 Å². The van der Waals surface area contributed by atoms with E-state index in [0.29, 0.717) is 6.61 Å². The summed E-state index contributed by atoms with van der Waals surface area (Å²) in [5.74, 6) is 1.15. The van der Waals surface area contributed by atoms with E-state index in [4.69, 9.17) is 4.74 Å². The molecular weight excluding hydrogens is 262 g/mol. The molecule has 1 aromatic heterocycles. The Balaban J connectivity index is 1.91. The maximum absolute atomic E-state index is 9.71. The number of nitrogens with zero attached hydrogens (tertiary/aromatic N) is 1. The highest BCUT2D eigenvalue weighted by molar-refractivity contribution is 5.85. The lowest BCUT2D eigenvalue weighted by molar-refractivity contribution is 0.307. The number of rotatable bonds is 4. The Morgan fingerprint density at radius 3 is 2.76 bits per heavy atom. The number of aryl methyl sites for hydroxylation is 2. The third-order valence-corrected chi connectivity index (χ3v) is 3.67. The molecule has 3 heteroatoms. The molecule has 0 fully saturated rings. The Kier molecular flexibility index (Phi) is 3.57. The van der Waals surface area contributed by atoms with Crippen LogP contribution in [0.2, 0.25) is 0 Å². The fourth-order valence-corrected chi connectivity index (χ4v) is 2.60. The molecule has 0 radical (unpaired) electrons. The summed E-state index contributed by atoms with van der Waals surface area (Å²) in [4.78, 5) is 0. The number of fused-ring (bicyclic) bond motifs is 1. The van der Waals surface area contributed by atoms with E-state index in [1.807, 2.05) is 37.3 Å². The molecule has 108 valence electrons. The van der Waals surface area contributed by atoms with E-state index in [9.17, 15) is 5.11 Å². The molecule has 1 heterocycles. The summed E-state index contributed by atoms with van der Waals surface area (Å²) < 4.78 is 8.05. The van der Waals surface area contributed by atoms with Crippen LogP contribution in [0.3, 0.4) is 0 Å². The summed E-state index contributed by atoms with van der Waals surface area (Å²) in [7, 11) is 0. The molecule has 0 aliphatic heterocycles. The van der Waals surface area contributed by atoms with E-state index in [1.54, 1.807) is 12.1 Å². The van der Waals surface area contributed by atoms with Crippen molar-refractivity contribution in [1.82, 2.24) is 4.57 Å². The highest BCUT2D eigenvalue weighted by Gasteiger charge is 2.09. The molecule has 1 N–H and O–H groups in total. The second-order valence-corrected chi connectivity index (χ2v) is 5.25. The number of phenols is 1. The van der Waals surface area contributed by atoms with Gasteiger partial charge in [0.05, 0.1) is 0 Å². The predicted octanol–water partition coefficient (Wildman–Crippen LogP) is 4.25. The summed E-state index contributed by atoms with van der Waals surface area (Å²) in [5, 5.41) is 10.8. The van der Waals surface area contributed by atoms with Crippen molar-refractivity contribution in [2.24, 2.45) is 0 Å². The molecule has 3 rings (SSSR count). The van der Waals surface area contributed by atoms with E-state index >= 15 is 0 Å². The molecule has 0 aliphatic rings. The van der Waals surface area contributed by atoms with Crippen LogP contribution >= 0.6 is 0 Å². The SMILES string of the molecule is CCn1cc(COc2cccc(C)c2)c2cc(O)ccc21. The monoisotopic (exact) mass is 281 g/mol. The average Bonchev–Trinajstić information content (AvgIpc) is 2.82. The van der Waals surface area contributed by atoms with Gasteiger partial charge in [-0.15, -0.1) is 0 Å². The van der Waals surface area contributed by atoms with Gasteiger partial charge in [0.25, 0.3) is 0 Å². The summed E-state index contributed by atoms with van der Waals surface area (Å²) in [6.07, 6.45) is 2.10. The van der Waals surface area contributed by atoms with Gasteiger partial charge in [-0.2, -0.15) is 0 Å². The average molecular weight is 281 g/mol. The number of benzene rings is 2. The van der Waals surface area contributed by atoms with Crippen molar-refractivity contribution in [2.45, 2.75) is 27.0 Å². The Morgan fingerprint density at radius 2 is 2.00 bits per heavy atom. The molecule has 0 saturated carbocycles. The minimum atomic E-state index is 0.285. The molecule has 0 spiro atoms. The van der Waals surface area contributed by atoms with Crippen LogP contribution in [0.4, 0.5) is 0 Å². The van der Waals surface area contributed by atoms with Gasteiger partial charge in [-0.3, -0.25) is 0 Å². The lowest BCUT2D eigenvalue weighted by atomic mass is 10.2. The van der Waals surface area contributed by atoms with Gasteiger partial charge >= 0.3 is 0 Å². The first-order valence-electron chi connectivity index (χ1n) is 7.17. The second kappa shape index (κ2) is 5.52. The van der Waals surface area contributed by atoms with Gasteiger partial charge in [0.2, 0.25) is 0 Å². The molecular formula is C18H19NO2. The molecule has 0 aliphatic carbocycles. The van der Waals surface area contributed by atoms with Gasteiger partial charge in [-0.25, -0.2) is 0 Å². The van der Waals surface area contributed by atoms with Crippen LogP contribution < -0.4 is 4.74 Å². The molecule has 0 amide bonds. The zero-order valence-electron chi connectivity index (χ0n) is 12.3. The minimum Gasteiger partial charge on any atom is -0.508 e. The lowest BCUT2D eigenvalue weighted by Gasteiger charge is -2.06. The first kappa shape index (κ1) is 13.6. The first-order valence-corrected chi connectivity index (χ1v) is 7.17. The molecule has 21 heavy (non-hydrogen) atoms.